The molecule has 2 aromatic carbocycles. The lowest BCUT2D eigenvalue weighted by Crippen LogP contribution is -2.18. The van der Waals surface area contributed by atoms with Crippen LogP contribution in [0.5, 0.6) is 0 Å². The molecule has 8 heteroatoms. The van der Waals surface area contributed by atoms with E-state index in [1.54, 1.807) is 41.0 Å². The summed E-state index contributed by atoms with van der Waals surface area (Å²) < 4.78 is 29.1. The van der Waals surface area contributed by atoms with Crippen LogP contribution in [0, 0.1) is 11.6 Å². The quantitative estimate of drug-likeness (QED) is 0.497. The third-order valence-electron chi connectivity index (χ3n) is 4.65. The van der Waals surface area contributed by atoms with Crippen molar-refractivity contribution in [1.82, 2.24) is 9.55 Å². The Morgan fingerprint density at radius 1 is 0.968 bits per heavy atom. The second-order valence-electron chi connectivity index (χ2n) is 7.02. The van der Waals surface area contributed by atoms with Crippen LogP contribution in [-0.4, -0.2) is 21.4 Å². The largest absolute Gasteiger partial charge is 0.332 e. The first-order valence-electron chi connectivity index (χ1n) is 9.47. The van der Waals surface area contributed by atoms with Gasteiger partial charge in [0.15, 0.2) is 0 Å². The maximum absolute atomic E-state index is 13.7. The predicted molar refractivity (Wildman–Crippen MR) is 114 cm³/mol. The molecule has 6 nitrogen and oxygen atoms in total. The highest BCUT2D eigenvalue weighted by molar-refractivity contribution is 6.06. The summed E-state index contributed by atoms with van der Waals surface area (Å²) in [5, 5.41) is 5.85. The van der Waals surface area contributed by atoms with Crippen molar-refractivity contribution < 1.29 is 18.4 Å². The monoisotopic (exact) mass is 420 g/mol. The number of benzene rings is 2. The zero-order valence-corrected chi connectivity index (χ0v) is 16.5. The number of fused-ring (bicyclic) bond motifs is 1. The van der Waals surface area contributed by atoms with Gasteiger partial charge in [0.25, 0.3) is 5.91 Å². The van der Waals surface area contributed by atoms with Crippen molar-refractivity contribution in [2.45, 2.75) is 13.5 Å². The van der Waals surface area contributed by atoms with Crippen LogP contribution in [0.1, 0.15) is 23.0 Å². The van der Waals surface area contributed by atoms with E-state index in [-0.39, 0.29) is 24.0 Å². The molecule has 0 spiro atoms. The molecule has 0 fully saturated rings. The van der Waals surface area contributed by atoms with E-state index >= 15 is 0 Å². The molecule has 0 bridgehead atoms. The smallest absolute Gasteiger partial charge is 0.272 e. The third-order valence-corrected chi connectivity index (χ3v) is 4.65. The van der Waals surface area contributed by atoms with Crippen molar-refractivity contribution in [3.63, 3.8) is 0 Å². The van der Waals surface area contributed by atoms with E-state index in [1.165, 1.54) is 37.4 Å². The molecule has 2 N–H and O–H groups in total. The van der Waals surface area contributed by atoms with Gasteiger partial charge in [-0.1, -0.05) is 12.1 Å². The lowest BCUT2D eigenvalue weighted by atomic mass is 10.2. The van der Waals surface area contributed by atoms with Crippen molar-refractivity contribution in [1.29, 1.82) is 0 Å². The number of amides is 2. The number of anilines is 2. The molecular formula is C23H18F2N4O2. The van der Waals surface area contributed by atoms with Gasteiger partial charge in [0.05, 0.1) is 11.9 Å². The van der Waals surface area contributed by atoms with E-state index in [0.29, 0.717) is 28.0 Å². The Kier molecular flexibility index (Phi) is 5.44. The molecule has 0 aliphatic rings. The van der Waals surface area contributed by atoms with Crippen molar-refractivity contribution in [2.24, 2.45) is 0 Å². The minimum Gasteiger partial charge on any atom is -0.332 e. The van der Waals surface area contributed by atoms with Gasteiger partial charge in [-0.2, -0.15) is 0 Å². The van der Waals surface area contributed by atoms with Gasteiger partial charge >= 0.3 is 0 Å². The standard InChI is InChI=1S/C23H18F2N4O2/c1-14(30)27-22-8-6-19(12-26-22)28-23(31)21-11-16-10-18(25)5-7-20(16)29(21)13-15-3-2-4-17(24)9-15/h2-12H,13H2,1H3,(H,28,31)(H,26,27,30). The molecule has 0 saturated heterocycles. The number of halogens is 2. The highest BCUT2D eigenvalue weighted by Crippen LogP contribution is 2.24. The van der Waals surface area contributed by atoms with Gasteiger partial charge in [0.1, 0.15) is 23.1 Å². The van der Waals surface area contributed by atoms with Crippen molar-refractivity contribution in [2.75, 3.05) is 10.6 Å². The van der Waals surface area contributed by atoms with Gasteiger partial charge in [-0.3, -0.25) is 9.59 Å². The fourth-order valence-electron chi connectivity index (χ4n) is 3.34. The number of nitrogens with zero attached hydrogens (tertiary/aromatic N) is 2. The first-order valence-corrected chi connectivity index (χ1v) is 9.47. The maximum Gasteiger partial charge on any atom is 0.272 e. The first kappa shape index (κ1) is 20.2. The van der Waals surface area contributed by atoms with Crippen molar-refractivity contribution in [3.8, 4) is 0 Å². The summed E-state index contributed by atoms with van der Waals surface area (Å²) in [7, 11) is 0. The Morgan fingerprint density at radius 2 is 1.77 bits per heavy atom. The normalized spacial score (nSPS) is 10.8. The van der Waals surface area contributed by atoms with Crippen LogP contribution < -0.4 is 10.6 Å². The number of aromatic nitrogens is 2. The summed E-state index contributed by atoms with van der Waals surface area (Å²) in [5.41, 5.74) is 2.02. The molecule has 2 heterocycles. The van der Waals surface area contributed by atoms with Crippen LogP contribution in [0.3, 0.4) is 0 Å². The highest BCUT2D eigenvalue weighted by atomic mass is 19.1. The zero-order chi connectivity index (χ0) is 22.0. The molecule has 2 amide bonds. The van der Waals surface area contributed by atoms with Crippen LogP contribution >= 0.6 is 0 Å². The second-order valence-corrected chi connectivity index (χ2v) is 7.02. The third kappa shape index (κ3) is 4.58. The molecule has 0 aliphatic carbocycles. The van der Waals surface area contributed by atoms with Gasteiger partial charge in [0.2, 0.25) is 5.91 Å². The van der Waals surface area contributed by atoms with E-state index in [1.807, 2.05) is 0 Å². The summed E-state index contributed by atoms with van der Waals surface area (Å²) in [6, 6.07) is 15.1. The predicted octanol–water partition coefficient (Wildman–Crippen LogP) is 4.57. The van der Waals surface area contributed by atoms with Gasteiger partial charge in [-0.15, -0.1) is 0 Å². The van der Waals surface area contributed by atoms with E-state index in [4.69, 9.17) is 0 Å². The highest BCUT2D eigenvalue weighted by Gasteiger charge is 2.17. The number of nitrogens with one attached hydrogen (secondary N) is 2. The van der Waals surface area contributed by atoms with E-state index in [9.17, 15) is 18.4 Å². The summed E-state index contributed by atoms with van der Waals surface area (Å²) in [4.78, 5) is 28.2. The average molecular weight is 420 g/mol. The Hall–Kier alpha value is -4.07. The molecule has 0 saturated carbocycles. The Bertz CT molecular complexity index is 1280. The average Bonchev–Trinajstić information content (AvgIpc) is 3.06. The number of hydrogen-bond acceptors (Lipinski definition) is 3. The van der Waals surface area contributed by atoms with Gasteiger partial charge < -0.3 is 15.2 Å². The SMILES string of the molecule is CC(=O)Nc1ccc(NC(=O)c2cc3cc(F)ccc3n2Cc2cccc(F)c2)cn1. The van der Waals surface area contributed by atoms with Crippen LogP contribution in [0.15, 0.2) is 66.9 Å². The molecular weight excluding hydrogens is 402 g/mol. The molecule has 0 aliphatic heterocycles. The van der Waals surface area contributed by atoms with Crippen molar-refractivity contribution >= 4 is 34.2 Å². The Balaban J connectivity index is 1.67. The second kappa shape index (κ2) is 8.35. The topological polar surface area (TPSA) is 76.0 Å². The van der Waals surface area contributed by atoms with Gasteiger partial charge in [-0.05, 0) is 54.1 Å². The molecule has 0 atom stereocenters. The summed E-state index contributed by atoms with van der Waals surface area (Å²) in [6.45, 7) is 1.60. The van der Waals surface area contributed by atoms with E-state index in [0.717, 1.165) is 0 Å². The number of rotatable bonds is 5. The lowest BCUT2D eigenvalue weighted by molar-refractivity contribution is -0.114. The Morgan fingerprint density at radius 3 is 2.48 bits per heavy atom. The van der Waals surface area contributed by atoms with Crippen LogP contribution in [0.2, 0.25) is 0 Å². The molecule has 2 aromatic heterocycles. The fourth-order valence-corrected chi connectivity index (χ4v) is 3.34. The minimum absolute atomic E-state index is 0.232. The van der Waals surface area contributed by atoms with Crippen molar-refractivity contribution in [3.05, 3.63) is 89.8 Å². The summed E-state index contributed by atoms with van der Waals surface area (Å²) in [5.74, 6) is -1.11. The number of pyridine rings is 1. The lowest BCUT2D eigenvalue weighted by Gasteiger charge is -2.12. The number of carbonyl (C=O) groups is 2. The van der Waals surface area contributed by atoms with Gasteiger partial charge in [-0.25, -0.2) is 13.8 Å². The van der Waals surface area contributed by atoms with Crippen LogP contribution in [-0.2, 0) is 11.3 Å². The van der Waals surface area contributed by atoms with Crippen LogP contribution in [0.25, 0.3) is 10.9 Å². The minimum atomic E-state index is -0.429. The van der Waals surface area contributed by atoms with Gasteiger partial charge in [0, 0.05) is 24.4 Å². The summed E-state index contributed by atoms with van der Waals surface area (Å²) in [6.07, 6.45) is 1.42. The zero-order valence-electron chi connectivity index (χ0n) is 16.5. The fraction of sp³-hybridized carbons (Fsp3) is 0.0870. The molecule has 156 valence electrons. The number of carbonyl (C=O) groups excluding carboxylic acids is 2. The molecule has 0 unspecified atom stereocenters. The molecule has 31 heavy (non-hydrogen) atoms. The van der Waals surface area contributed by atoms with Crippen LogP contribution in [0.4, 0.5) is 20.3 Å². The summed E-state index contributed by atoms with van der Waals surface area (Å²) >= 11 is 0. The molecule has 4 aromatic rings. The molecule has 0 radical (unpaired) electrons. The first-order chi connectivity index (χ1) is 14.9. The van der Waals surface area contributed by atoms with E-state index < -0.39 is 11.7 Å². The maximum atomic E-state index is 13.7. The number of hydrogen-bond donors (Lipinski definition) is 2. The molecule has 4 rings (SSSR count). The Labute approximate surface area is 176 Å². The van der Waals surface area contributed by atoms with E-state index in [2.05, 4.69) is 15.6 Å².